The molecule has 24 heavy (non-hydrogen) atoms. The second-order valence-electron chi connectivity index (χ2n) is 5.91. The minimum absolute atomic E-state index is 0.172. The Hall–Kier alpha value is -2.38. The van der Waals surface area contributed by atoms with Crippen molar-refractivity contribution >= 4 is 21.1 Å². The van der Waals surface area contributed by atoms with Gasteiger partial charge in [0.15, 0.2) is 5.58 Å². The van der Waals surface area contributed by atoms with Gasteiger partial charge in [0.05, 0.1) is 10.4 Å². The number of aryl methyl sites for hydroxylation is 1. The van der Waals surface area contributed by atoms with E-state index in [-0.39, 0.29) is 4.90 Å². The zero-order valence-corrected chi connectivity index (χ0v) is 13.9. The lowest BCUT2D eigenvalue weighted by atomic mass is 10.0. The molecule has 0 bridgehead atoms. The van der Waals surface area contributed by atoms with Gasteiger partial charge in [-0.05, 0) is 35.7 Å². The second-order valence-corrected chi connectivity index (χ2v) is 7.85. The molecule has 0 radical (unpaired) electrons. The molecule has 0 saturated carbocycles. The maximum absolute atomic E-state index is 13.0. The Labute approximate surface area is 139 Å². The summed E-state index contributed by atoms with van der Waals surface area (Å²) in [6.07, 6.45) is 0.696. The molecular formula is C17H16N2O4S. The summed E-state index contributed by atoms with van der Waals surface area (Å²) in [6, 6.07) is 12.4. The average Bonchev–Trinajstić information content (AvgIpc) is 2.88. The Morgan fingerprint density at radius 1 is 1.08 bits per heavy atom. The van der Waals surface area contributed by atoms with Crippen molar-refractivity contribution in [3.05, 3.63) is 64.1 Å². The van der Waals surface area contributed by atoms with Crippen molar-refractivity contribution in [2.24, 2.45) is 7.05 Å². The molecule has 124 valence electrons. The van der Waals surface area contributed by atoms with E-state index in [2.05, 4.69) is 0 Å². The summed E-state index contributed by atoms with van der Waals surface area (Å²) < 4.78 is 33.8. The summed E-state index contributed by atoms with van der Waals surface area (Å²) in [5.74, 6) is -0.508. The van der Waals surface area contributed by atoms with Crippen LogP contribution < -0.4 is 5.76 Å². The van der Waals surface area contributed by atoms with Gasteiger partial charge in [0.2, 0.25) is 10.0 Å². The van der Waals surface area contributed by atoms with E-state index in [9.17, 15) is 13.2 Å². The van der Waals surface area contributed by atoms with E-state index in [0.717, 1.165) is 5.56 Å². The molecule has 0 aliphatic carbocycles. The van der Waals surface area contributed by atoms with Crippen LogP contribution in [0.3, 0.4) is 0 Å². The summed E-state index contributed by atoms with van der Waals surface area (Å²) in [4.78, 5) is 11.7. The highest BCUT2D eigenvalue weighted by Gasteiger charge is 2.28. The molecule has 0 amide bonds. The van der Waals surface area contributed by atoms with Gasteiger partial charge in [-0.15, -0.1) is 0 Å². The first-order chi connectivity index (χ1) is 11.5. The predicted octanol–water partition coefficient (Wildman–Crippen LogP) is 1.88. The Kier molecular flexibility index (Phi) is 3.36. The fourth-order valence-corrected chi connectivity index (χ4v) is 4.53. The van der Waals surface area contributed by atoms with Crippen LogP contribution in [0, 0.1) is 0 Å². The third-order valence-electron chi connectivity index (χ3n) is 4.50. The van der Waals surface area contributed by atoms with Crippen LogP contribution in [0.15, 0.2) is 56.6 Å². The van der Waals surface area contributed by atoms with E-state index in [1.54, 1.807) is 7.05 Å². The van der Waals surface area contributed by atoms with Crippen LogP contribution in [0.2, 0.25) is 0 Å². The molecule has 1 aliphatic heterocycles. The minimum Gasteiger partial charge on any atom is -0.408 e. The molecule has 0 atom stereocenters. The van der Waals surface area contributed by atoms with Crippen LogP contribution in [0.25, 0.3) is 11.1 Å². The van der Waals surface area contributed by atoms with Gasteiger partial charge in [0, 0.05) is 20.1 Å². The summed E-state index contributed by atoms with van der Waals surface area (Å²) in [5.41, 5.74) is 3.07. The fourth-order valence-electron chi connectivity index (χ4n) is 3.09. The monoisotopic (exact) mass is 344 g/mol. The summed E-state index contributed by atoms with van der Waals surface area (Å²) in [5, 5.41) is 0. The van der Waals surface area contributed by atoms with Gasteiger partial charge in [-0.2, -0.15) is 4.31 Å². The van der Waals surface area contributed by atoms with E-state index >= 15 is 0 Å². The Morgan fingerprint density at radius 3 is 2.62 bits per heavy atom. The van der Waals surface area contributed by atoms with Crippen molar-refractivity contribution in [2.75, 3.05) is 6.54 Å². The molecule has 0 saturated heterocycles. The van der Waals surface area contributed by atoms with Gasteiger partial charge in [-0.3, -0.25) is 4.57 Å². The number of nitrogens with zero attached hydrogens (tertiary/aromatic N) is 2. The molecule has 0 fully saturated rings. The number of oxazole rings is 1. The second kappa shape index (κ2) is 5.32. The summed E-state index contributed by atoms with van der Waals surface area (Å²) >= 11 is 0. The number of hydrogen-bond acceptors (Lipinski definition) is 4. The normalized spacial score (nSPS) is 15.5. The number of fused-ring (bicyclic) bond motifs is 2. The van der Waals surface area contributed by atoms with Crippen LogP contribution in [-0.4, -0.2) is 23.8 Å². The van der Waals surface area contributed by atoms with E-state index < -0.39 is 15.8 Å². The predicted molar refractivity (Wildman–Crippen MR) is 89.2 cm³/mol. The largest absolute Gasteiger partial charge is 0.419 e. The molecule has 0 spiro atoms. The molecule has 0 unspecified atom stereocenters. The molecule has 1 aliphatic rings. The minimum atomic E-state index is -3.63. The molecule has 2 heterocycles. The van der Waals surface area contributed by atoms with Crippen molar-refractivity contribution in [3.63, 3.8) is 0 Å². The number of aromatic nitrogens is 1. The lowest BCUT2D eigenvalue weighted by Crippen LogP contribution is -2.35. The van der Waals surface area contributed by atoms with Crippen molar-refractivity contribution in [3.8, 4) is 0 Å². The molecule has 7 heteroatoms. The highest BCUT2D eigenvalue weighted by molar-refractivity contribution is 7.89. The van der Waals surface area contributed by atoms with E-state index in [0.29, 0.717) is 30.6 Å². The number of rotatable bonds is 2. The van der Waals surface area contributed by atoms with Crippen molar-refractivity contribution in [2.45, 2.75) is 17.9 Å². The van der Waals surface area contributed by atoms with Crippen LogP contribution >= 0.6 is 0 Å². The van der Waals surface area contributed by atoms with Gasteiger partial charge < -0.3 is 4.42 Å². The topological polar surface area (TPSA) is 72.5 Å². The van der Waals surface area contributed by atoms with Gasteiger partial charge >= 0.3 is 5.76 Å². The van der Waals surface area contributed by atoms with Crippen molar-refractivity contribution in [1.29, 1.82) is 0 Å². The Bertz CT molecular complexity index is 1100. The fraction of sp³-hybridized carbons (Fsp3) is 0.235. The SMILES string of the molecule is Cn1c(=O)oc2ccc(S(=O)(=O)N3CCc4ccccc4C3)cc21. The number of hydrogen-bond donors (Lipinski definition) is 0. The molecule has 1 aromatic heterocycles. The lowest BCUT2D eigenvalue weighted by Gasteiger charge is -2.28. The van der Waals surface area contributed by atoms with Gasteiger partial charge in [-0.1, -0.05) is 24.3 Å². The molecule has 4 rings (SSSR count). The van der Waals surface area contributed by atoms with Gasteiger partial charge in [0.1, 0.15) is 0 Å². The highest BCUT2D eigenvalue weighted by Crippen LogP contribution is 2.26. The zero-order chi connectivity index (χ0) is 16.9. The Balaban J connectivity index is 1.76. The van der Waals surface area contributed by atoms with Crippen LogP contribution in [0.1, 0.15) is 11.1 Å². The summed E-state index contributed by atoms with van der Waals surface area (Å²) in [6.45, 7) is 0.808. The van der Waals surface area contributed by atoms with Crippen LogP contribution in [0.4, 0.5) is 0 Å². The maximum Gasteiger partial charge on any atom is 0.419 e. The standard InChI is InChI=1S/C17H16N2O4S/c1-18-15-10-14(6-7-16(15)23-17(18)20)24(21,22)19-9-8-12-4-2-3-5-13(12)11-19/h2-7,10H,8-9,11H2,1H3. The van der Waals surface area contributed by atoms with E-state index in [1.807, 2.05) is 24.3 Å². The molecule has 2 aromatic carbocycles. The van der Waals surface area contributed by atoms with Crippen molar-refractivity contribution in [1.82, 2.24) is 8.87 Å². The van der Waals surface area contributed by atoms with Gasteiger partial charge in [-0.25, -0.2) is 13.2 Å². The summed E-state index contributed by atoms with van der Waals surface area (Å²) in [7, 11) is -2.07. The highest BCUT2D eigenvalue weighted by atomic mass is 32.2. The third-order valence-corrected chi connectivity index (χ3v) is 6.34. The van der Waals surface area contributed by atoms with E-state index in [1.165, 1.54) is 32.6 Å². The van der Waals surface area contributed by atoms with Crippen LogP contribution in [0.5, 0.6) is 0 Å². The first kappa shape index (κ1) is 15.2. The molecule has 6 nitrogen and oxygen atoms in total. The van der Waals surface area contributed by atoms with Crippen LogP contribution in [-0.2, 0) is 30.0 Å². The quantitative estimate of drug-likeness (QED) is 0.711. The first-order valence-electron chi connectivity index (χ1n) is 7.63. The molecule has 0 N–H and O–H groups in total. The molecule has 3 aromatic rings. The molecular weight excluding hydrogens is 328 g/mol. The third kappa shape index (κ3) is 2.28. The zero-order valence-electron chi connectivity index (χ0n) is 13.1. The average molecular weight is 344 g/mol. The number of sulfonamides is 1. The smallest absolute Gasteiger partial charge is 0.408 e. The maximum atomic E-state index is 13.0. The van der Waals surface area contributed by atoms with Gasteiger partial charge in [0.25, 0.3) is 0 Å². The Morgan fingerprint density at radius 2 is 1.83 bits per heavy atom. The van der Waals surface area contributed by atoms with Crippen molar-refractivity contribution < 1.29 is 12.8 Å². The number of benzene rings is 2. The lowest BCUT2D eigenvalue weighted by molar-refractivity contribution is 0.391. The first-order valence-corrected chi connectivity index (χ1v) is 9.07. The van der Waals surface area contributed by atoms with E-state index in [4.69, 9.17) is 4.42 Å².